The lowest BCUT2D eigenvalue weighted by Crippen LogP contribution is -2.35. The topological polar surface area (TPSA) is 75.5 Å². The lowest BCUT2D eigenvalue weighted by atomic mass is 10.0. The molecule has 0 fully saturated rings. The van der Waals surface area contributed by atoms with Crippen LogP contribution in [0.5, 0.6) is 0 Å². The number of nitrogens with zero attached hydrogens (tertiary/aromatic N) is 2. The van der Waals surface area contributed by atoms with E-state index in [4.69, 9.17) is 0 Å². The molecule has 3 aromatic rings. The number of hydrogen-bond donors (Lipinski definition) is 1. The third kappa shape index (κ3) is 6.12. The van der Waals surface area contributed by atoms with Gasteiger partial charge >= 0.3 is 6.03 Å². The van der Waals surface area contributed by atoms with Gasteiger partial charge in [0.15, 0.2) is 11.6 Å². The van der Waals surface area contributed by atoms with E-state index in [1.807, 2.05) is 6.92 Å². The summed E-state index contributed by atoms with van der Waals surface area (Å²) in [7, 11) is 0. The average molecular weight is 471 g/mol. The van der Waals surface area contributed by atoms with Crippen molar-refractivity contribution in [1.29, 1.82) is 0 Å². The van der Waals surface area contributed by atoms with Crippen LogP contribution in [0.3, 0.4) is 0 Å². The van der Waals surface area contributed by atoms with Crippen LogP contribution < -0.4 is 5.32 Å². The molecule has 0 heterocycles. The van der Waals surface area contributed by atoms with E-state index < -0.39 is 34.1 Å². The summed E-state index contributed by atoms with van der Waals surface area (Å²) < 4.78 is 41.2. The summed E-state index contributed by atoms with van der Waals surface area (Å²) in [6.45, 7) is 2.50. The highest BCUT2D eigenvalue weighted by Gasteiger charge is 2.20. The lowest BCUT2D eigenvalue weighted by molar-refractivity contribution is -0.384. The van der Waals surface area contributed by atoms with Crippen molar-refractivity contribution in [3.63, 3.8) is 0 Å². The second-order valence-electron chi connectivity index (χ2n) is 7.77. The zero-order valence-electron chi connectivity index (χ0n) is 18.6. The van der Waals surface area contributed by atoms with E-state index in [1.54, 1.807) is 42.5 Å². The van der Waals surface area contributed by atoms with Crippen LogP contribution in [0.4, 0.5) is 29.3 Å². The van der Waals surface area contributed by atoms with Crippen LogP contribution >= 0.6 is 0 Å². The van der Waals surface area contributed by atoms with Gasteiger partial charge in [0.25, 0.3) is 5.69 Å². The number of para-hydroxylation sites is 1. The number of nitrogens with one attached hydrogen (secondary N) is 1. The van der Waals surface area contributed by atoms with Crippen molar-refractivity contribution in [2.75, 3.05) is 11.9 Å². The standard InChI is InChI=1S/C25H24F3N3O3/c1-2-3-6-13-30(25(32)29-24-21(27)14-19(26)15-22(24)28)16-17-9-11-18(12-10-17)20-7-4-5-8-23(20)31(33)34/h4-5,7-12,14-15H,2-3,6,13,16H2,1H3,(H,29,32). The van der Waals surface area contributed by atoms with E-state index >= 15 is 0 Å². The largest absolute Gasteiger partial charge is 0.322 e. The molecule has 3 rings (SSSR count). The predicted molar refractivity (Wildman–Crippen MR) is 124 cm³/mol. The molecule has 3 aromatic carbocycles. The van der Waals surface area contributed by atoms with Crippen LogP contribution in [-0.4, -0.2) is 22.4 Å². The number of hydrogen-bond acceptors (Lipinski definition) is 3. The minimum Gasteiger partial charge on any atom is -0.320 e. The molecule has 0 radical (unpaired) electrons. The normalized spacial score (nSPS) is 10.7. The van der Waals surface area contributed by atoms with Crippen LogP contribution in [0, 0.1) is 27.6 Å². The second kappa shape index (κ2) is 11.3. The Balaban J connectivity index is 1.80. The molecule has 2 amide bonds. The van der Waals surface area contributed by atoms with Gasteiger partial charge in [-0.3, -0.25) is 10.1 Å². The van der Waals surface area contributed by atoms with Gasteiger partial charge in [0, 0.05) is 31.3 Å². The minimum atomic E-state index is -1.20. The highest BCUT2D eigenvalue weighted by Crippen LogP contribution is 2.30. The first kappa shape index (κ1) is 24.8. The van der Waals surface area contributed by atoms with Crippen LogP contribution in [-0.2, 0) is 6.54 Å². The lowest BCUT2D eigenvalue weighted by Gasteiger charge is -2.24. The predicted octanol–water partition coefficient (Wildman–Crippen LogP) is 6.90. The molecule has 0 aromatic heterocycles. The third-order valence-corrected chi connectivity index (χ3v) is 5.30. The number of rotatable bonds is 9. The van der Waals surface area contributed by atoms with Crippen LogP contribution in [0.2, 0.25) is 0 Å². The number of carbonyl (C=O) groups is 1. The van der Waals surface area contributed by atoms with E-state index in [0.29, 0.717) is 36.2 Å². The fourth-order valence-corrected chi connectivity index (χ4v) is 3.54. The van der Waals surface area contributed by atoms with E-state index in [9.17, 15) is 28.1 Å². The van der Waals surface area contributed by atoms with E-state index in [0.717, 1.165) is 18.4 Å². The molecule has 0 saturated heterocycles. The molecule has 178 valence electrons. The molecule has 0 saturated carbocycles. The number of urea groups is 1. The summed E-state index contributed by atoms with van der Waals surface area (Å²) >= 11 is 0. The molecular formula is C25H24F3N3O3. The second-order valence-corrected chi connectivity index (χ2v) is 7.77. The number of nitro groups is 1. The Morgan fingerprint density at radius 2 is 1.65 bits per heavy atom. The molecule has 6 nitrogen and oxygen atoms in total. The maximum Gasteiger partial charge on any atom is 0.322 e. The van der Waals surface area contributed by atoms with Crippen molar-refractivity contribution in [3.8, 4) is 11.1 Å². The van der Waals surface area contributed by atoms with Gasteiger partial charge in [-0.25, -0.2) is 18.0 Å². The SMILES string of the molecule is CCCCCN(Cc1ccc(-c2ccccc2[N+](=O)[O-])cc1)C(=O)Nc1c(F)cc(F)cc1F. The number of anilines is 1. The van der Waals surface area contributed by atoms with Crippen molar-refractivity contribution in [1.82, 2.24) is 4.90 Å². The van der Waals surface area contributed by atoms with Gasteiger partial charge in [-0.15, -0.1) is 0 Å². The van der Waals surface area contributed by atoms with Crippen LogP contribution in [0.15, 0.2) is 60.7 Å². The highest BCUT2D eigenvalue weighted by molar-refractivity contribution is 5.89. The monoisotopic (exact) mass is 471 g/mol. The Morgan fingerprint density at radius 3 is 2.26 bits per heavy atom. The molecule has 0 bridgehead atoms. The number of carbonyl (C=O) groups excluding carboxylic acids is 1. The molecular weight excluding hydrogens is 447 g/mol. The zero-order valence-corrected chi connectivity index (χ0v) is 18.6. The van der Waals surface area contributed by atoms with Gasteiger partial charge in [-0.1, -0.05) is 56.2 Å². The molecule has 1 N–H and O–H groups in total. The van der Waals surface area contributed by atoms with Gasteiger partial charge in [0.05, 0.1) is 10.5 Å². The highest BCUT2D eigenvalue weighted by atomic mass is 19.1. The molecule has 0 aliphatic rings. The third-order valence-electron chi connectivity index (χ3n) is 5.30. The van der Waals surface area contributed by atoms with Crippen molar-refractivity contribution < 1.29 is 22.9 Å². The molecule has 0 atom stereocenters. The molecule has 34 heavy (non-hydrogen) atoms. The molecule has 0 aliphatic carbocycles. The number of unbranched alkanes of at least 4 members (excludes halogenated alkanes) is 2. The van der Waals surface area contributed by atoms with Crippen LogP contribution in [0.25, 0.3) is 11.1 Å². The first-order chi connectivity index (χ1) is 16.3. The van der Waals surface area contributed by atoms with E-state index in [1.165, 1.54) is 11.0 Å². The first-order valence-electron chi connectivity index (χ1n) is 10.8. The number of nitro benzene ring substituents is 1. The summed E-state index contributed by atoms with van der Waals surface area (Å²) in [4.78, 5) is 25.1. The van der Waals surface area contributed by atoms with Gasteiger partial charge in [-0.2, -0.15) is 0 Å². The van der Waals surface area contributed by atoms with Gasteiger partial charge < -0.3 is 10.2 Å². The summed E-state index contributed by atoms with van der Waals surface area (Å²) in [5, 5.41) is 13.5. The molecule has 0 aliphatic heterocycles. The van der Waals surface area contributed by atoms with Gasteiger partial charge in [0.1, 0.15) is 11.5 Å². The molecule has 0 unspecified atom stereocenters. The average Bonchev–Trinajstić information content (AvgIpc) is 2.81. The van der Waals surface area contributed by atoms with Crippen molar-refractivity contribution >= 4 is 17.4 Å². The Bertz CT molecular complexity index is 1150. The van der Waals surface area contributed by atoms with Crippen molar-refractivity contribution in [3.05, 3.63) is 93.8 Å². The Morgan fingerprint density at radius 1 is 1.00 bits per heavy atom. The minimum absolute atomic E-state index is 0.0147. The van der Waals surface area contributed by atoms with Gasteiger partial charge in [0.2, 0.25) is 0 Å². The van der Waals surface area contributed by atoms with Crippen molar-refractivity contribution in [2.24, 2.45) is 0 Å². The van der Waals surface area contributed by atoms with Crippen LogP contribution in [0.1, 0.15) is 31.7 Å². The zero-order chi connectivity index (χ0) is 24.7. The van der Waals surface area contributed by atoms with Crippen molar-refractivity contribution in [2.45, 2.75) is 32.7 Å². The maximum atomic E-state index is 14.0. The molecule has 9 heteroatoms. The fourth-order valence-electron chi connectivity index (χ4n) is 3.54. The Kier molecular flexibility index (Phi) is 8.24. The summed E-state index contributed by atoms with van der Waals surface area (Å²) in [6.07, 6.45) is 2.47. The summed E-state index contributed by atoms with van der Waals surface area (Å²) in [5.74, 6) is -3.48. The number of amides is 2. The van der Waals surface area contributed by atoms with E-state index in [-0.39, 0.29) is 12.2 Å². The van der Waals surface area contributed by atoms with E-state index in [2.05, 4.69) is 5.32 Å². The number of benzene rings is 3. The Labute approximate surface area is 195 Å². The summed E-state index contributed by atoms with van der Waals surface area (Å²) in [6, 6.07) is 13.6. The molecule has 0 spiro atoms. The fraction of sp³-hybridized carbons (Fsp3) is 0.240. The summed E-state index contributed by atoms with van der Waals surface area (Å²) in [5.41, 5.74) is 1.12. The first-order valence-corrected chi connectivity index (χ1v) is 10.8. The maximum absolute atomic E-state index is 14.0. The quantitative estimate of drug-likeness (QED) is 0.209. The Hall–Kier alpha value is -3.88. The number of halogens is 3. The van der Waals surface area contributed by atoms with Gasteiger partial charge in [-0.05, 0) is 23.6 Å². The smallest absolute Gasteiger partial charge is 0.320 e.